The van der Waals surface area contributed by atoms with Crippen molar-refractivity contribution in [2.24, 2.45) is 0 Å². The van der Waals surface area contributed by atoms with Crippen molar-refractivity contribution < 1.29 is 39.5 Å². The van der Waals surface area contributed by atoms with Crippen LogP contribution in [0.4, 0.5) is 56.6 Å². The number of benzene rings is 10. The van der Waals surface area contributed by atoms with Gasteiger partial charge in [-0.25, -0.2) is 39.5 Å². The largest absolute Gasteiger partial charge is 0.309 e. The molecular formula is C61H32F9N3. The zero-order chi connectivity index (χ0) is 50.0. The minimum Gasteiger partial charge on any atom is -0.309 e. The topological polar surface area (TPSA) is 13.1 Å². The van der Waals surface area contributed by atoms with Crippen LogP contribution >= 0.6 is 0 Å². The van der Waals surface area contributed by atoms with Crippen LogP contribution in [0.25, 0.3) is 66.1 Å². The Kier molecular flexibility index (Phi) is 9.79. The zero-order valence-electron chi connectivity index (χ0n) is 37.7. The van der Waals surface area contributed by atoms with Gasteiger partial charge in [-0.2, -0.15) is 0 Å². The van der Waals surface area contributed by atoms with Crippen LogP contribution in [0, 0.1) is 52.4 Å². The van der Waals surface area contributed by atoms with E-state index in [1.54, 1.807) is 36.4 Å². The van der Waals surface area contributed by atoms with E-state index >= 15 is 26.3 Å². The van der Waals surface area contributed by atoms with Gasteiger partial charge in [-0.3, -0.25) is 0 Å². The molecule has 0 bridgehead atoms. The highest BCUT2D eigenvalue weighted by Crippen LogP contribution is 2.59. The molecule has 3 heterocycles. The maximum Gasteiger partial charge on any atom is 0.200 e. The number of hydrogen-bond acceptors (Lipinski definition) is 1. The Hall–Kier alpha value is -9.03. The number of nitrogens with zero attached hydrogens (tertiary/aromatic N) is 3. The van der Waals surface area contributed by atoms with E-state index in [-0.39, 0.29) is 11.4 Å². The van der Waals surface area contributed by atoms with Crippen LogP contribution in [-0.4, -0.2) is 9.13 Å². The summed E-state index contributed by atoms with van der Waals surface area (Å²) < 4.78 is 145. The number of aromatic nitrogens is 2. The molecule has 3 nitrogen and oxygen atoms in total. The fraction of sp³-hybridized carbons (Fsp3) is 0.0164. The first-order chi connectivity index (χ1) is 35.5. The van der Waals surface area contributed by atoms with E-state index in [0.717, 1.165) is 59.9 Å². The molecule has 13 rings (SSSR count). The summed E-state index contributed by atoms with van der Waals surface area (Å²) in [6.07, 6.45) is 0. The van der Waals surface area contributed by atoms with E-state index in [4.69, 9.17) is 0 Å². The lowest BCUT2D eigenvalue weighted by Gasteiger charge is -2.46. The standard InChI is InChI=1S/C61H32F9N3/c62-51-49(52(63)56(67)57(68)55(51)66)50-53(64)58(69)60(59(70)54(50)65)73-47-23-11-5-17-41(47)61(42-18-6-12-24-48(42)73,33-25-29-35(30-26-33)71-43-19-7-1-13-37(43)38-14-2-8-20-44(38)71)34-27-31-36(32-28-34)72-45-21-9-3-15-39(45)40-16-4-10-22-46(40)72/h1-32H. The number of halogens is 9. The maximum atomic E-state index is 17.0. The molecule has 12 heteroatoms. The molecule has 0 atom stereocenters. The molecule has 12 aromatic rings. The van der Waals surface area contributed by atoms with Crippen molar-refractivity contribution in [1.82, 2.24) is 9.13 Å². The van der Waals surface area contributed by atoms with Crippen LogP contribution in [0.2, 0.25) is 0 Å². The van der Waals surface area contributed by atoms with Gasteiger partial charge in [0.15, 0.2) is 46.5 Å². The molecule has 0 fully saturated rings. The quantitative estimate of drug-likeness (QED) is 0.0919. The molecule has 0 saturated carbocycles. The van der Waals surface area contributed by atoms with Crippen LogP contribution in [0.5, 0.6) is 0 Å². The Morgan fingerprint density at radius 1 is 0.274 bits per heavy atom. The predicted octanol–water partition coefficient (Wildman–Crippen LogP) is 17.0. The second-order valence-corrected chi connectivity index (χ2v) is 17.9. The number of para-hydroxylation sites is 6. The first kappa shape index (κ1) is 44.0. The summed E-state index contributed by atoms with van der Waals surface area (Å²) in [5, 5.41) is 4.24. The second kappa shape index (κ2) is 16.3. The summed E-state index contributed by atoms with van der Waals surface area (Å²) in [7, 11) is 0. The molecule has 0 spiro atoms. The van der Waals surface area contributed by atoms with E-state index in [0.29, 0.717) is 22.3 Å². The Bertz CT molecular complexity index is 3900. The van der Waals surface area contributed by atoms with Crippen molar-refractivity contribution >= 4 is 60.7 Å². The summed E-state index contributed by atoms with van der Waals surface area (Å²) >= 11 is 0. The molecule has 0 amide bonds. The summed E-state index contributed by atoms with van der Waals surface area (Å²) in [6, 6.07) is 61.3. The van der Waals surface area contributed by atoms with Crippen molar-refractivity contribution in [2.45, 2.75) is 5.41 Å². The lowest BCUT2D eigenvalue weighted by molar-refractivity contribution is 0.379. The van der Waals surface area contributed by atoms with E-state index in [1.807, 2.05) is 121 Å². The molecule has 73 heavy (non-hydrogen) atoms. The first-order valence-corrected chi connectivity index (χ1v) is 23.1. The van der Waals surface area contributed by atoms with E-state index in [1.165, 1.54) is 12.1 Å². The minimum atomic E-state index is -2.64. The van der Waals surface area contributed by atoms with Gasteiger partial charge in [0.1, 0.15) is 5.69 Å². The number of anilines is 3. The Morgan fingerprint density at radius 2 is 0.562 bits per heavy atom. The molecule has 0 saturated heterocycles. The van der Waals surface area contributed by atoms with Crippen molar-refractivity contribution in [3.8, 4) is 22.5 Å². The van der Waals surface area contributed by atoms with Gasteiger partial charge in [0.25, 0.3) is 0 Å². The molecule has 0 unspecified atom stereocenters. The highest BCUT2D eigenvalue weighted by Gasteiger charge is 2.48. The minimum absolute atomic E-state index is 0.0553. The molecular weight excluding hydrogens is 946 g/mol. The number of rotatable bonds is 6. The SMILES string of the molecule is Fc1c(F)c(F)c(-c2c(F)c(F)c(N3c4ccccc4C(c4ccc(-n5c6ccccc6c6ccccc65)cc4)(c4ccc(-n5c6ccccc6c6ccccc65)cc4)c4ccccc43)c(F)c2F)c(F)c1F. The third-order valence-electron chi connectivity index (χ3n) is 14.3. The Balaban J connectivity index is 1.06. The molecule has 0 N–H and O–H groups in total. The fourth-order valence-electron chi connectivity index (χ4n) is 11.3. The monoisotopic (exact) mass is 977 g/mol. The summed E-state index contributed by atoms with van der Waals surface area (Å²) in [5.41, 5.74) is 0.948. The predicted molar refractivity (Wildman–Crippen MR) is 267 cm³/mol. The van der Waals surface area contributed by atoms with Gasteiger partial charge in [-0.05, 0) is 82.9 Å². The van der Waals surface area contributed by atoms with Crippen LogP contribution < -0.4 is 4.90 Å². The average Bonchev–Trinajstić information content (AvgIpc) is 3.96. The van der Waals surface area contributed by atoms with Gasteiger partial charge in [0.05, 0.1) is 50.0 Å². The van der Waals surface area contributed by atoms with Crippen LogP contribution in [0.1, 0.15) is 22.3 Å². The van der Waals surface area contributed by atoms with Crippen molar-refractivity contribution in [3.05, 3.63) is 269 Å². The van der Waals surface area contributed by atoms with Gasteiger partial charge in [-0.1, -0.05) is 133 Å². The molecule has 0 radical (unpaired) electrons. The Morgan fingerprint density at radius 3 is 0.918 bits per heavy atom. The van der Waals surface area contributed by atoms with Gasteiger partial charge < -0.3 is 14.0 Å². The van der Waals surface area contributed by atoms with Gasteiger partial charge in [0, 0.05) is 32.9 Å². The number of fused-ring (bicyclic) bond motifs is 8. The fourth-order valence-corrected chi connectivity index (χ4v) is 11.3. The first-order valence-electron chi connectivity index (χ1n) is 23.1. The zero-order valence-corrected chi connectivity index (χ0v) is 37.7. The highest BCUT2D eigenvalue weighted by molar-refractivity contribution is 6.10. The normalized spacial score (nSPS) is 13.1. The van der Waals surface area contributed by atoms with E-state index < -0.39 is 74.6 Å². The molecule has 1 aliphatic rings. The van der Waals surface area contributed by atoms with Crippen LogP contribution in [-0.2, 0) is 5.41 Å². The van der Waals surface area contributed by atoms with Crippen LogP contribution in [0.3, 0.4) is 0 Å². The molecule has 2 aromatic heterocycles. The molecule has 0 aliphatic carbocycles. The molecule has 1 aliphatic heterocycles. The van der Waals surface area contributed by atoms with E-state index in [9.17, 15) is 13.2 Å². The second-order valence-electron chi connectivity index (χ2n) is 17.9. The lowest BCUT2D eigenvalue weighted by atomic mass is 9.62. The van der Waals surface area contributed by atoms with Gasteiger partial charge in [0.2, 0.25) is 5.82 Å². The van der Waals surface area contributed by atoms with E-state index in [2.05, 4.69) is 33.4 Å². The van der Waals surface area contributed by atoms with Gasteiger partial charge in [-0.15, -0.1) is 0 Å². The third kappa shape index (κ3) is 6.03. The van der Waals surface area contributed by atoms with Gasteiger partial charge >= 0.3 is 0 Å². The summed E-state index contributed by atoms with van der Waals surface area (Å²) in [5.74, 6) is -22.2. The summed E-state index contributed by atoms with van der Waals surface area (Å²) in [6.45, 7) is 0. The van der Waals surface area contributed by atoms with Crippen LogP contribution in [0.15, 0.2) is 194 Å². The van der Waals surface area contributed by atoms with Crippen molar-refractivity contribution in [1.29, 1.82) is 0 Å². The van der Waals surface area contributed by atoms with Crippen molar-refractivity contribution in [3.63, 3.8) is 0 Å². The highest BCUT2D eigenvalue weighted by atomic mass is 19.2. The number of hydrogen-bond donors (Lipinski definition) is 0. The maximum absolute atomic E-state index is 17.0. The summed E-state index contributed by atoms with van der Waals surface area (Å²) in [4.78, 5) is 0.973. The average molecular weight is 978 g/mol. The molecule has 354 valence electrons. The molecule has 10 aromatic carbocycles. The smallest absolute Gasteiger partial charge is 0.200 e. The van der Waals surface area contributed by atoms with Crippen molar-refractivity contribution in [2.75, 3.05) is 4.90 Å². The Labute approximate surface area is 409 Å². The third-order valence-corrected chi connectivity index (χ3v) is 14.3. The lowest BCUT2D eigenvalue weighted by Crippen LogP contribution is -2.38.